The number of anilines is 1. The van der Waals surface area contributed by atoms with Crippen LogP contribution in [0.5, 0.6) is 0 Å². The van der Waals surface area contributed by atoms with Gasteiger partial charge in [0, 0.05) is 0 Å². The normalized spacial score (nSPS) is 17.2. The van der Waals surface area contributed by atoms with Crippen molar-refractivity contribution in [1.29, 1.82) is 0 Å². The van der Waals surface area contributed by atoms with Crippen LogP contribution in [0.4, 0.5) is 19.2 Å². The Hall–Kier alpha value is -3.37. The zero-order chi connectivity index (χ0) is 17.9. The molecule has 0 aliphatic carbocycles. The minimum Gasteiger partial charge on any atom is -0.438 e. The summed E-state index contributed by atoms with van der Waals surface area (Å²) in [6, 6.07) is 6.19. The fraction of sp³-hybridized carbons (Fsp3) is 0.200. The van der Waals surface area contributed by atoms with Gasteiger partial charge in [0.05, 0.1) is 24.3 Å². The van der Waals surface area contributed by atoms with Crippen LogP contribution in [0.3, 0.4) is 0 Å². The van der Waals surface area contributed by atoms with E-state index in [9.17, 15) is 13.2 Å². The number of benzene rings is 1. The number of hydrogen-bond donors (Lipinski definition) is 1. The van der Waals surface area contributed by atoms with Gasteiger partial charge in [0.15, 0.2) is 11.6 Å². The monoisotopic (exact) mass is 362 g/mol. The van der Waals surface area contributed by atoms with Crippen LogP contribution >= 0.6 is 0 Å². The first-order chi connectivity index (χ1) is 12.5. The summed E-state index contributed by atoms with van der Waals surface area (Å²) in [4.78, 5) is 13.1. The van der Waals surface area contributed by atoms with Gasteiger partial charge in [0.25, 0.3) is 0 Å². The van der Waals surface area contributed by atoms with Gasteiger partial charge in [-0.15, -0.1) is 5.10 Å². The molecule has 0 radical (unpaired) electrons. The number of oxazole rings is 1. The number of rotatable bonds is 2. The number of imidazole rings is 1. The standard InChI is InChI=1S/C15H9F3N6O2/c16-15(17,18)13-22-23-14(26-13)24-5-8-10(20-6-19-8)11(24)12-21-7-3-1-2-4-9(7)25-12/h1-4,6,11H,5H2,(H,19,20)/t11-/m0/s1. The molecular weight excluding hydrogens is 353 g/mol. The van der Waals surface area contributed by atoms with Gasteiger partial charge in [-0.1, -0.05) is 17.2 Å². The number of aromatic nitrogens is 5. The molecule has 11 heteroatoms. The van der Waals surface area contributed by atoms with E-state index in [2.05, 4.69) is 25.1 Å². The summed E-state index contributed by atoms with van der Waals surface area (Å²) in [5.41, 5.74) is 2.49. The SMILES string of the molecule is FC(F)(F)c1nnc(N2Cc3[nH]cnc3[C@H]2c2nc3ccccc3o2)o1. The highest BCUT2D eigenvalue weighted by molar-refractivity contribution is 5.72. The molecule has 1 N–H and O–H groups in total. The number of H-pyrrole nitrogens is 1. The molecule has 0 saturated heterocycles. The average Bonchev–Trinajstić information content (AvgIpc) is 3.34. The molecule has 132 valence electrons. The first-order valence-corrected chi connectivity index (χ1v) is 7.55. The molecule has 8 nitrogen and oxygen atoms in total. The molecule has 5 rings (SSSR count). The van der Waals surface area contributed by atoms with Gasteiger partial charge in [0.2, 0.25) is 5.89 Å². The molecule has 0 saturated carbocycles. The van der Waals surface area contributed by atoms with E-state index in [1.807, 2.05) is 6.07 Å². The van der Waals surface area contributed by atoms with Gasteiger partial charge >= 0.3 is 18.1 Å². The average molecular weight is 362 g/mol. The van der Waals surface area contributed by atoms with Crippen molar-refractivity contribution in [3.8, 4) is 0 Å². The molecule has 3 aromatic heterocycles. The zero-order valence-electron chi connectivity index (χ0n) is 12.9. The number of hydrogen-bond acceptors (Lipinski definition) is 7. The van der Waals surface area contributed by atoms with Gasteiger partial charge in [-0.05, 0) is 12.1 Å². The summed E-state index contributed by atoms with van der Waals surface area (Å²) in [7, 11) is 0. The van der Waals surface area contributed by atoms with Crippen molar-refractivity contribution in [3.63, 3.8) is 0 Å². The number of fused-ring (bicyclic) bond motifs is 2. The second-order valence-corrected chi connectivity index (χ2v) is 5.70. The molecule has 1 aliphatic rings. The van der Waals surface area contributed by atoms with Crippen molar-refractivity contribution in [2.75, 3.05) is 4.90 Å². The maximum atomic E-state index is 12.8. The maximum absolute atomic E-state index is 12.8. The molecule has 0 bridgehead atoms. The molecule has 4 heterocycles. The molecule has 0 unspecified atom stereocenters. The molecule has 0 fully saturated rings. The van der Waals surface area contributed by atoms with E-state index in [1.165, 1.54) is 11.2 Å². The maximum Gasteiger partial charge on any atom is 0.470 e. The highest BCUT2D eigenvalue weighted by Crippen LogP contribution is 2.41. The number of nitrogens with zero attached hydrogens (tertiary/aromatic N) is 5. The lowest BCUT2D eigenvalue weighted by Gasteiger charge is -2.19. The quantitative estimate of drug-likeness (QED) is 0.585. The second-order valence-electron chi connectivity index (χ2n) is 5.70. The summed E-state index contributed by atoms with van der Waals surface area (Å²) in [6.45, 7) is 0.207. The van der Waals surface area contributed by atoms with E-state index in [0.29, 0.717) is 22.5 Å². The Morgan fingerprint density at radius 1 is 1.15 bits per heavy atom. The van der Waals surface area contributed by atoms with Crippen molar-refractivity contribution >= 4 is 17.1 Å². The molecule has 1 atom stereocenters. The van der Waals surface area contributed by atoms with E-state index in [0.717, 1.165) is 0 Å². The van der Waals surface area contributed by atoms with Crippen molar-refractivity contribution < 1.29 is 22.0 Å². The topological polar surface area (TPSA) is 96.9 Å². The number of halogens is 3. The highest BCUT2D eigenvalue weighted by atomic mass is 19.4. The second kappa shape index (κ2) is 5.07. The minimum absolute atomic E-state index is 0.207. The van der Waals surface area contributed by atoms with Crippen molar-refractivity contribution in [2.45, 2.75) is 18.8 Å². The minimum atomic E-state index is -4.72. The van der Waals surface area contributed by atoms with Crippen LogP contribution in [0.15, 0.2) is 39.4 Å². The number of para-hydroxylation sites is 2. The first kappa shape index (κ1) is 14.9. The third kappa shape index (κ3) is 2.16. The van der Waals surface area contributed by atoms with Gasteiger partial charge in [0.1, 0.15) is 5.52 Å². The smallest absolute Gasteiger partial charge is 0.438 e. The lowest BCUT2D eigenvalue weighted by molar-refractivity contribution is -0.157. The Morgan fingerprint density at radius 2 is 2.00 bits per heavy atom. The first-order valence-electron chi connectivity index (χ1n) is 7.55. The Labute approximate surface area is 142 Å². The van der Waals surface area contributed by atoms with E-state index >= 15 is 0 Å². The predicted octanol–water partition coefficient (Wildman–Crippen LogP) is 3.06. The fourth-order valence-electron chi connectivity index (χ4n) is 2.98. The Balaban J connectivity index is 1.61. The summed E-state index contributed by atoms with van der Waals surface area (Å²) >= 11 is 0. The number of alkyl halides is 3. The van der Waals surface area contributed by atoms with Gasteiger partial charge < -0.3 is 18.7 Å². The van der Waals surface area contributed by atoms with Crippen LogP contribution in [0.25, 0.3) is 11.1 Å². The lowest BCUT2D eigenvalue weighted by atomic mass is 10.2. The molecule has 0 spiro atoms. The van der Waals surface area contributed by atoms with Crippen LogP contribution in [0.1, 0.15) is 29.2 Å². The van der Waals surface area contributed by atoms with Crippen molar-refractivity contribution in [3.05, 3.63) is 53.8 Å². The molecular formula is C15H9F3N6O2. The van der Waals surface area contributed by atoms with Crippen LogP contribution in [0, 0.1) is 0 Å². The van der Waals surface area contributed by atoms with Crippen LogP contribution in [0.2, 0.25) is 0 Å². The molecule has 4 aromatic rings. The molecule has 1 aliphatic heterocycles. The van der Waals surface area contributed by atoms with Crippen molar-refractivity contribution in [1.82, 2.24) is 25.1 Å². The molecule has 0 amide bonds. The Bertz CT molecular complexity index is 1070. The van der Waals surface area contributed by atoms with Crippen LogP contribution in [-0.4, -0.2) is 25.1 Å². The van der Waals surface area contributed by atoms with Gasteiger partial charge in [-0.2, -0.15) is 13.2 Å². The lowest BCUT2D eigenvalue weighted by Crippen LogP contribution is -2.23. The predicted molar refractivity (Wildman–Crippen MR) is 79.9 cm³/mol. The summed E-state index contributed by atoms with van der Waals surface area (Å²) < 4.78 is 49.0. The van der Waals surface area contributed by atoms with Gasteiger partial charge in [-0.25, -0.2) is 9.97 Å². The van der Waals surface area contributed by atoms with E-state index in [1.54, 1.807) is 18.2 Å². The summed E-state index contributed by atoms with van der Waals surface area (Å²) in [5, 5.41) is 6.62. The third-order valence-corrected chi connectivity index (χ3v) is 4.10. The third-order valence-electron chi connectivity index (χ3n) is 4.10. The van der Waals surface area contributed by atoms with E-state index in [-0.39, 0.29) is 18.5 Å². The summed E-state index contributed by atoms with van der Waals surface area (Å²) in [5.74, 6) is -1.13. The van der Waals surface area contributed by atoms with Crippen LogP contribution in [-0.2, 0) is 12.7 Å². The van der Waals surface area contributed by atoms with Crippen molar-refractivity contribution in [2.24, 2.45) is 0 Å². The fourth-order valence-corrected chi connectivity index (χ4v) is 2.98. The molecule has 1 aromatic carbocycles. The Morgan fingerprint density at radius 3 is 2.77 bits per heavy atom. The van der Waals surface area contributed by atoms with E-state index < -0.39 is 18.1 Å². The zero-order valence-corrected chi connectivity index (χ0v) is 12.9. The number of nitrogens with one attached hydrogen (secondary N) is 1. The van der Waals surface area contributed by atoms with E-state index in [4.69, 9.17) is 8.83 Å². The molecule has 26 heavy (non-hydrogen) atoms. The van der Waals surface area contributed by atoms with Gasteiger partial charge in [-0.3, -0.25) is 0 Å². The highest BCUT2D eigenvalue weighted by Gasteiger charge is 2.43. The Kier molecular flexibility index (Phi) is 2.91. The largest absolute Gasteiger partial charge is 0.470 e. The summed E-state index contributed by atoms with van der Waals surface area (Å²) in [6.07, 6.45) is -3.21. The number of aromatic amines is 1. The van der Waals surface area contributed by atoms with Crippen LogP contribution < -0.4 is 4.90 Å².